The van der Waals surface area contributed by atoms with Crippen LogP contribution < -0.4 is 11.1 Å². The van der Waals surface area contributed by atoms with Gasteiger partial charge >= 0.3 is 0 Å². The molecule has 3 aromatic heterocycles. The average molecular weight is 307 g/mol. The van der Waals surface area contributed by atoms with Gasteiger partial charge in [-0.25, -0.2) is 4.98 Å². The van der Waals surface area contributed by atoms with Gasteiger partial charge in [0.25, 0.3) is 0 Å². The smallest absolute Gasteiger partial charge is 0.0913 e. The first kappa shape index (κ1) is 15.4. The minimum Gasteiger partial charge on any atom is -0.384 e. The molecule has 3 heterocycles. The van der Waals surface area contributed by atoms with Crippen molar-refractivity contribution in [3.05, 3.63) is 49.1 Å². The van der Waals surface area contributed by atoms with Crippen LogP contribution in [-0.2, 0) is 0 Å². The number of hydrogen-bond donors (Lipinski definition) is 2. The molecule has 0 aliphatic carbocycles. The first-order valence-electron chi connectivity index (χ1n) is 7.68. The number of rotatable bonds is 5. The van der Waals surface area contributed by atoms with E-state index in [1.165, 1.54) is 0 Å². The maximum atomic E-state index is 5.83. The lowest BCUT2D eigenvalue weighted by atomic mass is 9.93. The molecule has 0 aliphatic heterocycles. The summed E-state index contributed by atoms with van der Waals surface area (Å²) in [5.41, 5.74) is 9.72. The third kappa shape index (κ3) is 3.46. The van der Waals surface area contributed by atoms with Gasteiger partial charge in [-0.05, 0) is 36.2 Å². The third-order valence-corrected chi connectivity index (χ3v) is 3.90. The largest absolute Gasteiger partial charge is 0.384 e. The summed E-state index contributed by atoms with van der Waals surface area (Å²) in [6.45, 7) is 5.71. The van der Waals surface area contributed by atoms with E-state index in [0.717, 1.165) is 34.4 Å². The number of aromatic nitrogens is 3. The van der Waals surface area contributed by atoms with E-state index in [-0.39, 0.29) is 5.41 Å². The fourth-order valence-corrected chi connectivity index (χ4v) is 2.30. The van der Waals surface area contributed by atoms with Gasteiger partial charge in [0, 0.05) is 41.8 Å². The maximum Gasteiger partial charge on any atom is 0.0913 e. The fraction of sp³-hybridized carbons (Fsp3) is 0.278. The topological polar surface area (TPSA) is 76.7 Å². The molecule has 3 rings (SSSR count). The molecule has 3 N–H and O–H groups in total. The molecular weight excluding hydrogens is 286 g/mol. The number of pyridine rings is 3. The zero-order valence-electron chi connectivity index (χ0n) is 13.5. The van der Waals surface area contributed by atoms with Crippen molar-refractivity contribution < 1.29 is 0 Å². The number of hydrogen-bond acceptors (Lipinski definition) is 5. The van der Waals surface area contributed by atoms with Crippen LogP contribution in [0.15, 0.2) is 49.1 Å². The van der Waals surface area contributed by atoms with Crippen molar-refractivity contribution in [3.63, 3.8) is 0 Å². The molecule has 0 fully saturated rings. The van der Waals surface area contributed by atoms with Crippen molar-refractivity contribution in [2.75, 3.05) is 18.4 Å². The van der Waals surface area contributed by atoms with Gasteiger partial charge in [-0.3, -0.25) is 9.97 Å². The maximum absolute atomic E-state index is 5.83. The molecule has 0 aromatic carbocycles. The summed E-state index contributed by atoms with van der Waals surface area (Å²) in [7, 11) is 0. The van der Waals surface area contributed by atoms with Gasteiger partial charge in [0.1, 0.15) is 0 Å². The molecule has 23 heavy (non-hydrogen) atoms. The van der Waals surface area contributed by atoms with Gasteiger partial charge in [-0.2, -0.15) is 0 Å². The molecule has 0 aliphatic rings. The van der Waals surface area contributed by atoms with Crippen molar-refractivity contribution in [3.8, 4) is 11.3 Å². The van der Waals surface area contributed by atoms with Crippen LogP contribution in [0.5, 0.6) is 0 Å². The summed E-state index contributed by atoms with van der Waals surface area (Å²) in [6, 6.07) is 7.97. The second-order valence-corrected chi connectivity index (χ2v) is 6.41. The van der Waals surface area contributed by atoms with E-state index in [1.54, 1.807) is 24.8 Å². The Balaban J connectivity index is 2.04. The summed E-state index contributed by atoms with van der Waals surface area (Å²) in [5, 5.41) is 4.59. The molecule has 118 valence electrons. The van der Waals surface area contributed by atoms with Gasteiger partial charge in [0.2, 0.25) is 0 Å². The van der Waals surface area contributed by atoms with E-state index in [1.807, 2.05) is 18.2 Å². The van der Waals surface area contributed by atoms with E-state index < -0.39 is 0 Å². The Hall–Kier alpha value is -2.53. The van der Waals surface area contributed by atoms with E-state index in [0.29, 0.717) is 6.54 Å². The summed E-state index contributed by atoms with van der Waals surface area (Å²) in [5.74, 6) is 0. The molecule has 0 radical (unpaired) electrons. The molecule has 0 spiro atoms. The van der Waals surface area contributed by atoms with Gasteiger partial charge in [-0.1, -0.05) is 13.8 Å². The van der Waals surface area contributed by atoms with Crippen LogP contribution in [0.1, 0.15) is 13.8 Å². The van der Waals surface area contributed by atoms with Crippen LogP contribution in [0.2, 0.25) is 0 Å². The van der Waals surface area contributed by atoms with Crippen LogP contribution in [0.3, 0.4) is 0 Å². The minimum absolute atomic E-state index is 0.0272. The van der Waals surface area contributed by atoms with Crippen LogP contribution in [0.25, 0.3) is 22.2 Å². The predicted octanol–water partition coefficient (Wildman–Crippen LogP) is 3.09. The van der Waals surface area contributed by atoms with Gasteiger partial charge in [-0.15, -0.1) is 0 Å². The first-order valence-corrected chi connectivity index (χ1v) is 7.68. The molecule has 0 amide bonds. The summed E-state index contributed by atoms with van der Waals surface area (Å²) < 4.78 is 0. The number of nitrogens with zero attached hydrogens (tertiary/aromatic N) is 3. The normalized spacial score (nSPS) is 11.6. The van der Waals surface area contributed by atoms with Crippen LogP contribution >= 0.6 is 0 Å². The predicted molar refractivity (Wildman–Crippen MR) is 94.1 cm³/mol. The van der Waals surface area contributed by atoms with E-state index in [4.69, 9.17) is 10.7 Å². The van der Waals surface area contributed by atoms with Gasteiger partial charge < -0.3 is 11.1 Å². The van der Waals surface area contributed by atoms with Crippen LogP contribution in [0, 0.1) is 5.41 Å². The second kappa shape index (κ2) is 6.30. The third-order valence-electron chi connectivity index (χ3n) is 3.90. The lowest BCUT2D eigenvalue weighted by Gasteiger charge is -2.24. The lowest BCUT2D eigenvalue weighted by molar-refractivity contribution is 0.406. The summed E-state index contributed by atoms with van der Waals surface area (Å²) in [6.07, 6.45) is 7.12. The fourth-order valence-electron chi connectivity index (χ4n) is 2.30. The van der Waals surface area contributed by atoms with E-state index >= 15 is 0 Å². The number of nitrogens with two attached hydrogens (primary N) is 1. The molecule has 0 saturated carbocycles. The molecule has 0 saturated heterocycles. The Kier molecular flexibility index (Phi) is 4.21. The Morgan fingerprint density at radius 2 is 1.83 bits per heavy atom. The quantitative estimate of drug-likeness (QED) is 0.757. The highest BCUT2D eigenvalue weighted by Gasteiger charge is 2.16. The number of fused-ring (bicyclic) bond motifs is 1. The number of anilines is 1. The minimum atomic E-state index is 0.0272. The highest BCUT2D eigenvalue weighted by molar-refractivity contribution is 5.93. The molecule has 0 atom stereocenters. The van der Waals surface area contributed by atoms with Crippen molar-refractivity contribution in [1.29, 1.82) is 0 Å². The summed E-state index contributed by atoms with van der Waals surface area (Å²) >= 11 is 0. The van der Waals surface area contributed by atoms with E-state index in [9.17, 15) is 0 Å². The Bertz CT molecular complexity index is 799. The molecular formula is C18H21N5. The Labute approximate surface area is 136 Å². The molecule has 0 unspecified atom stereocenters. The van der Waals surface area contributed by atoms with Crippen molar-refractivity contribution in [1.82, 2.24) is 15.0 Å². The monoisotopic (exact) mass is 307 g/mol. The molecule has 0 bridgehead atoms. The highest BCUT2D eigenvalue weighted by Crippen LogP contribution is 2.28. The molecule has 3 aromatic rings. The van der Waals surface area contributed by atoms with Crippen LogP contribution in [-0.4, -0.2) is 28.0 Å². The van der Waals surface area contributed by atoms with Gasteiger partial charge in [0.15, 0.2) is 0 Å². The number of nitrogens with one attached hydrogen (secondary N) is 1. The van der Waals surface area contributed by atoms with Crippen molar-refractivity contribution in [2.24, 2.45) is 11.1 Å². The average Bonchev–Trinajstić information content (AvgIpc) is 2.60. The Morgan fingerprint density at radius 1 is 1.09 bits per heavy atom. The molecule has 5 heteroatoms. The van der Waals surface area contributed by atoms with Gasteiger partial charge in [0.05, 0.1) is 17.4 Å². The SMILES string of the molecule is CC(C)(CN)CNc1cc(-c2ccncc2)nc2cnccc12. The second-order valence-electron chi connectivity index (χ2n) is 6.41. The van der Waals surface area contributed by atoms with Crippen LogP contribution in [0.4, 0.5) is 5.69 Å². The van der Waals surface area contributed by atoms with Crippen molar-refractivity contribution >= 4 is 16.6 Å². The Morgan fingerprint density at radius 3 is 2.57 bits per heavy atom. The first-order chi connectivity index (χ1) is 11.1. The summed E-state index contributed by atoms with van der Waals surface area (Å²) in [4.78, 5) is 13.0. The van der Waals surface area contributed by atoms with Crippen molar-refractivity contribution in [2.45, 2.75) is 13.8 Å². The molecule has 5 nitrogen and oxygen atoms in total. The highest BCUT2D eigenvalue weighted by atomic mass is 14.9. The lowest BCUT2D eigenvalue weighted by Crippen LogP contribution is -2.31. The van der Waals surface area contributed by atoms with E-state index in [2.05, 4.69) is 35.2 Å². The standard InChI is InChI=1S/C18H21N5/c1-18(2,11-19)12-22-16-9-15(13-3-6-20-7-4-13)23-17-10-21-8-5-14(16)17/h3-10H,11-12,19H2,1-2H3,(H,22,23). The zero-order valence-corrected chi connectivity index (χ0v) is 13.5. The zero-order chi connectivity index (χ0) is 16.3.